The smallest absolute Gasteiger partial charge is 0.269 e. The predicted octanol–water partition coefficient (Wildman–Crippen LogP) is 5.52. The van der Waals surface area contributed by atoms with Crippen LogP contribution in [-0.2, 0) is 6.61 Å². The Balaban J connectivity index is 1.57. The predicted molar refractivity (Wildman–Crippen MR) is 131 cm³/mol. The Hall–Kier alpha value is -4.84. The Kier molecular flexibility index (Phi) is 6.93. The molecule has 0 bridgehead atoms. The molecule has 1 N–H and O–H groups in total. The van der Waals surface area contributed by atoms with Crippen molar-refractivity contribution >= 4 is 28.4 Å². The lowest BCUT2D eigenvalue weighted by Gasteiger charge is -2.13. The van der Waals surface area contributed by atoms with Crippen LogP contribution < -0.4 is 14.2 Å². The molecule has 0 aliphatic heterocycles. The summed E-state index contributed by atoms with van der Waals surface area (Å²) in [7, 11) is 1.59. The van der Waals surface area contributed by atoms with Crippen LogP contribution in [0.4, 0.5) is 5.69 Å². The lowest BCUT2D eigenvalue weighted by molar-refractivity contribution is -0.384. The molecule has 0 saturated heterocycles. The molecule has 1 heterocycles. The van der Waals surface area contributed by atoms with Crippen LogP contribution in [-0.4, -0.2) is 28.6 Å². The monoisotopic (exact) mass is 470 g/mol. The van der Waals surface area contributed by atoms with Gasteiger partial charge in [0, 0.05) is 18.2 Å². The van der Waals surface area contributed by atoms with Crippen molar-refractivity contribution in [3.63, 3.8) is 0 Å². The fourth-order valence-corrected chi connectivity index (χ4v) is 3.44. The van der Waals surface area contributed by atoms with Crippen molar-refractivity contribution < 1.29 is 19.1 Å². The lowest BCUT2D eigenvalue weighted by Crippen LogP contribution is -2.00. The highest BCUT2D eigenvalue weighted by molar-refractivity contribution is 5.90. The van der Waals surface area contributed by atoms with Crippen molar-refractivity contribution in [2.45, 2.75) is 13.5 Å². The van der Waals surface area contributed by atoms with E-state index in [-0.39, 0.29) is 12.3 Å². The second-order valence-corrected chi connectivity index (χ2v) is 7.49. The van der Waals surface area contributed by atoms with Gasteiger partial charge in [-0.15, -0.1) is 0 Å². The van der Waals surface area contributed by atoms with Gasteiger partial charge in [0.05, 0.1) is 35.2 Å². The first-order valence-corrected chi connectivity index (χ1v) is 10.8. The van der Waals surface area contributed by atoms with E-state index in [1.165, 1.54) is 12.1 Å². The van der Waals surface area contributed by atoms with Gasteiger partial charge in [-0.1, -0.05) is 6.07 Å². The molecule has 4 rings (SSSR count). The number of methoxy groups -OCH3 is 1. The second kappa shape index (κ2) is 10.4. The summed E-state index contributed by atoms with van der Waals surface area (Å²) >= 11 is 0. The molecule has 0 unspecified atom stereocenters. The number of nitrogens with zero attached hydrogens (tertiary/aromatic N) is 3. The number of aromatic amines is 1. The summed E-state index contributed by atoms with van der Waals surface area (Å²) in [6.45, 7) is 2.52. The molecule has 0 aliphatic carbocycles. The number of nitro groups is 1. The zero-order chi connectivity index (χ0) is 24.8. The number of fused-ring (bicyclic) bond motifs is 1. The summed E-state index contributed by atoms with van der Waals surface area (Å²) in [4.78, 5) is 18.1. The number of nitro benzene ring substituents is 1. The van der Waals surface area contributed by atoms with E-state index in [1.807, 2.05) is 31.2 Å². The van der Waals surface area contributed by atoms with Gasteiger partial charge in [0.25, 0.3) is 5.69 Å². The molecule has 0 atom stereocenters. The van der Waals surface area contributed by atoms with Gasteiger partial charge in [0.2, 0.25) is 0 Å². The average molecular weight is 470 g/mol. The van der Waals surface area contributed by atoms with Crippen LogP contribution in [0.15, 0.2) is 60.7 Å². The van der Waals surface area contributed by atoms with Crippen LogP contribution in [0.3, 0.4) is 0 Å². The Morgan fingerprint density at radius 3 is 2.60 bits per heavy atom. The molecule has 0 radical (unpaired) electrons. The van der Waals surface area contributed by atoms with E-state index in [2.05, 4.69) is 16.0 Å². The molecule has 0 aliphatic rings. The number of hydrogen-bond donors (Lipinski definition) is 1. The third-order valence-corrected chi connectivity index (χ3v) is 5.18. The highest BCUT2D eigenvalue weighted by Gasteiger charge is 2.12. The maximum atomic E-state index is 10.8. The van der Waals surface area contributed by atoms with Gasteiger partial charge >= 0.3 is 0 Å². The van der Waals surface area contributed by atoms with E-state index < -0.39 is 4.92 Å². The number of imidazole rings is 1. The molecule has 35 heavy (non-hydrogen) atoms. The highest BCUT2D eigenvalue weighted by atomic mass is 16.6. The normalized spacial score (nSPS) is 11.2. The van der Waals surface area contributed by atoms with Gasteiger partial charge in [0.1, 0.15) is 24.3 Å². The maximum Gasteiger partial charge on any atom is 0.269 e. The van der Waals surface area contributed by atoms with Crippen molar-refractivity contribution in [3.8, 4) is 23.3 Å². The number of nitrogens with one attached hydrogen (secondary N) is 1. The van der Waals surface area contributed by atoms with Crippen molar-refractivity contribution in [1.29, 1.82) is 5.26 Å². The zero-order valence-electron chi connectivity index (χ0n) is 19.1. The van der Waals surface area contributed by atoms with Crippen LogP contribution in [0, 0.1) is 21.4 Å². The first-order valence-electron chi connectivity index (χ1n) is 10.8. The Labute approximate surface area is 201 Å². The fourth-order valence-electron chi connectivity index (χ4n) is 3.44. The highest BCUT2D eigenvalue weighted by Crippen LogP contribution is 2.31. The molecule has 1 aromatic heterocycles. The van der Waals surface area contributed by atoms with Gasteiger partial charge in [-0.3, -0.25) is 10.1 Å². The number of non-ortho nitro benzene ring substituents is 1. The average Bonchev–Trinajstić information content (AvgIpc) is 3.30. The van der Waals surface area contributed by atoms with Gasteiger partial charge in [-0.2, -0.15) is 5.26 Å². The minimum atomic E-state index is -0.443. The van der Waals surface area contributed by atoms with E-state index in [1.54, 1.807) is 37.5 Å². The number of hydrogen-bond acceptors (Lipinski definition) is 7. The third kappa shape index (κ3) is 5.39. The standard InChI is InChI=1S/C26H22N4O5/c1-3-34-25-13-18(6-11-24(25)35-16-17-4-7-20(8-5-17)30(31)32)12-19(15-27)26-28-22-10-9-21(33-2)14-23(22)29-26/h4-14H,3,16H2,1-2H3,(H,28,29). The van der Waals surface area contributed by atoms with Crippen molar-refractivity contribution in [3.05, 3.63) is 87.7 Å². The molecule has 4 aromatic rings. The summed E-state index contributed by atoms with van der Waals surface area (Å²) in [6.07, 6.45) is 1.72. The third-order valence-electron chi connectivity index (χ3n) is 5.18. The van der Waals surface area contributed by atoms with Gasteiger partial charge in [-0.25, -0.2) is 4.98 Å². The number of aromatic nitrogens is 2. The van der Waals surface area contributed by atoms with Crippen LogP contribution in [0.5, 0.6) is 17.2 Å². The molecule has 0 spiro atoms. The van der Waals surface area contributed by atoms with Crippen molar-refractivity contribution in [2.75, 3.05) is 13.7 Å². The van der Waals surface area contributed by atoms with E-state index in [0.29, 0.717) is 35.3 Å². The summed E-state index contributed by atoms with van der Waals surface area (Å²) in [5.74, 6) is 2.19. The number of allylic oxidation sites excluding steroid dienone is 1. The lowest BCUT2D eigenvalue weighted by atomic mass is 10.1. The van der Waals surface area contributed by atoms with Crippen LogP contribution in [0.25, 0.3) is 22.7 Å². The molecular formula is C26H22N4O5. The summed E-state index contributed by atoms with van der Waals surface area (Å²) < 4.78 is 16.9. The summed E-state index contributed by atoms with van der Waals surface area (Å²) in [5, 5.41) is 20.6. The number of ether oxygens (including phenoxy) is 3. The molecule has 0 amide bonds. The van der Waals surface area contributed by atoms with Crippen LogP contribution >= 0.6 is 0 Å². The van der Waals surface area contributed by atoms with Crippen LogP contribution in [0.2, 0.25) is 0 Å². The van der Waals surface area contributed by atoms with Gasteiger partial charge < -0.3 is 19.2 Å². The summed E-state index contributed by atoms with van der Waals surface area (Å²) in [6, 6.07) is 19.2. The van der Waals surface area contributed by atoms with Crippen molar-refractivity contribution in [2.24, 2.45) is 0 Å². The topological polar surface area (TPSA) is 123 Å². The minimum Gasteiger partial charge on any atom is -0.497 e. The molecule has 9 heteroatoms. The molecular weight excluding hydrogens is 448 g/mol. The van der Waals surface area contributed by atoms with E-state index in [4.69, 9.17) is 14.2 Å². The quantitative estimate of drug-likeness (QED) is 0.194. The maximum absolute atomic E-state index is 10.8. The van der Waals surface area contributed by atoms with Gasteiger partial charge in [0.15, 0.2) is 11.5 Å². The molecule has 9 nitrogen and oxygen atoms in total. The Morgan fingerprint density at radius 1 is 1.11 bits per heavy atom. The molecule has 0 fully saturated rings. The Morgan fingerprint density at radius 2 is 1.91 bits per heavy atom. The minimum absolute atomic E-state index is 0.0248. The van der Waals surface area contributed by atoms with Gasteiger partial charge in [-0.05, 0) is 60.5 Å². The number of H-pyrrole nitrogens is 1. The van der Waals surface area contributed by atoms with Crippen molar-refractivity contribution in [1.82, 2.24) is 9.97 Å². The van der Waals surface area contributed by atoms with E-state index in [9.17, 15) is 15.4 Å². The molecule has 3 aromatic carbocycles. The van der Waals surface area contributed by atoms with E-state index in [0.717, 1.165) is 22.2 Å². The zero-order valence-corrected chi connectivity index (χ0v) is 19.1. The number of rotatable bonds is 9. The summed E-state index contributed by atoms with van der Waals surface area (Å²) in [5.41, 5.74) is 3.41. The first-order chi connectivity index (χ1) is 17.0. The second-order valence-electron chi connectivity index (χ2n) is 7.49. The van der Waals surface area contributed by atoms with Crippen LogP contribution in [0.1, 0.15) is 23.9 Å². The molecule has 176 valence electrons. The largest absolute Gasteiger partial charge is 0.497 e. The first kappa shape index (κ1) is 23.3. The molecule has 0 saturated carbocycles. The number of nitriles is 1. The SMILES string of the molecule is CCOc1cc(C=C(C#N)c2nc3ccc(OC)cc3[nH]2)ccc1OCc1ccc([N+](=O)[O-])cc1. The Bertz CT molecular complexity index is 1430. The number of benzene rings is 3. The van der Waals surface area contributed by atoms with E-state index >= 15 is 0 Å². The fraction of sp³-hybridized carbons (Fsp3) is 0.154.